The molecular weight excluding hydrogens is 296 g/mol. The molecule has 1 aromatic heterocycles. The minimum Gasteiger partial charge on any atom is -0.356 e. The molecule has 2 aliphatic rings. The first-order valence-electron chi connectivity index (χ1n) is 6.32. The summed E-state index contributed by atoms with van der Waals surface area (Å²) in [6.07, 6.45) is 1.80. The van der Waals surface area contributed by atoms with Gasteiger partial charge in [-0.05, 0) is 22.0 Å². The van der Waals surface area contributed by atoms with Gasteiger partial charge in [0.05, 0.1) is 0 Å². The Bertz CT molecular complexity index is 435. The first-order chi connectivity index (χ1) is 8.74. The molecule has 1 aromatic rings. The number of rotatable bonds is 2. The van der Waals surface area contributed by atoms with Crippen molar-refractivity contribution in [3.63, 3.8) is 0 Å². The second-order valence-corrected chi connectivity index (χ2v) is 5.79. The Morgan fingerprint density at radius 1 is 1.28 bits per heavy atom. The fourth-order valence-corrected chi connectivity index (χ4v) is 2.83. The lowest BCUT2D eigenvalue weighted by Crippen LogP contribution is -2.62. The number of carbonyl (C=O) groups excluding carboxylic acids is 1. The minimum absolute atomic E-state index is 0.104. The van der Waals surface area contributed by atoms with Crippen molar-refractivity contribution in [1.82, 2.24) is 20.1 Å². The highest BCUT2D eigenvalue weighted by atomic mass is 79.9. The number of piperazine rings is 1. The number of carbonyl (C=O) groups is 1. The van der Waals surface area contributed by atoms with Crippen molar-refractivity contribution in [2.75, 3.05) is 39.3 Å². The number of halogens is 1. The predicted molar refractivity (Wildman–Crippen MR) is 72.6 cm³/mol. The molecule has 2 aliphatic heterocycles. The van der Waals surface area contributed by atoms with Gasteiger partial charge in [0.15, 0.2) is 0 Å². The van der Waals surface area contributed by atoms with E-state index >= 15 is 0 Å². The number of aromatic amines is 1. The van der Waals surface area contributed by atoms with Gasteiger partial charge >= 0.3 is 0 Å². The molecule has 0 aromatic carbocycles. The van der Waals surface area contributed by atoms with Crippen LogP contribution in [0.5, 0.6) is 0 Å². The van der Waals surface area contributed by atoms with Crippen molar-refractivity contribution in [1.29, 1.82) is 0 Å². The van der Waals surface area contributed by atoms with E-state index < -0.39 is 0 Å². The molecule has 2 fully saturated rings. The van der Waals surface area contributed by atoms with E-state index in [1.54, 1.807) is 6.20 Å². The van der Waals surface area contributed by atoms with Crippen LogP contribution in [0.25, 0.3) is 0 Å². The van der Waals surface area contributed by atoms with Crippen LogP contribution >= 0.6 is 15.9 Å². The maximum atomic E-state index is 12.2. The monoisotopic (exact) mass is 312 g/mol. The molecule has 0 bridgehead atoms. The molecule has 0 radical (unpaired) electrons. The molecule has 6 heteroatoms. The summed E-state index contributed by atoms with van der Waals surface area (Å²) < 4.78 is 0.921. The third-order valence-corrected chi connectivity index (χ3v) is 4.21. The van der Waals surface area contributed by atoms with Gasteiger partial charge in [-0.3, -0.25) is 9.69 Å². The second-order valence-electron chi connectivity index (χ2n) is 4.87. The molecule has 3 rings (SSSR count). The fourth-order valence-electron chi connectivity index (χ4n) is 2.48. The molecule has 5 nitrogen and oxygen atoms in total. The zero-order valence-electron chi connectivity index (χ0n) is 10.2. The van der Waals surface area contributed by atoms with Gasteiger partial charge in [0.1, 0.15) is 5.69 Å². The summed E-state index contributed by atoms with van der Waals surface area (Å²) in [6.45, 7) is 5.81. The molecule has 0 saturated carbocycles. The molecule has 0 spiro atoms. The van der Waals surface area contributed by atoms with Gasteiger partial charge in [0.2, 0.25) is 0 Å². The van der Waals surface area contributed by atoms with Crippen molar-refractivity contribution in [2.45, 2.75) is 6.04 Å². The molecule has 18 heavy (non-hydrogen) atoms. The lowest BCUT2D eigenvalue weighted by molar-refractivity contribution is 0.0498. The quantitative estimate of drug-likeness (QED) is 0.836. The number of H-pyrrole nitrogens is 1. The number of amides is 1. The van der Waals surface area contributed by atoms with Crippen LogP contribution in [0, 0.1) is 0 Å². The highest BCUT2D eigenvalue weighted by Gasteiger charge is 2.29. The lowest BCUT2D eigenvalue weighted by Gasteiger charge is -2.43. The topological polar surface area (TPSA) is 51.4 Å². The van der Waals surface area contributed by atoms with Crippen molar-refractivity contribution >= 4 is 21.8 Å². The SMILES string of the molecule is O=C(c1cc(Br)c[nH]1)N1CCN(C2CNC2)CC1. The Hall–Kier alpha value is -0.850. The van der Waals surface area contributed by atoms with Crippen LogP contribution < -0.4 is 5.32 Å². The smallest absolute Gasteiger partial charge is 0.270 e. The van der Waals surface area contributed by atoms with E-state index in [0.717, 1.165) is 43.7 Å². The number of hydrogen-bond donors (Lipinski definition) is 2. The molecule has 98 valence electrons. The average molecular weight is 313 g/mol. The van der Waals surface area contributed by atoms with E-state index in [-0.39, 0.29) is 5.91 Å². The van der Waals surface area contributed by atoms with Crippen molar-refractivity contribution < 1.29 is 4.79 Å². The molecule has 0 unspecified atom stereocenters. The van der Waals surface area contributed by atoms with Gasteiger partial charge in [-0.2, -0.15) is 0 Å². The van der Waals surface area contributed by atoms with E-state index in [2.05, 4.69) is 31.1 Å². The van der Waals surface area contributed by atoms with Gasteiger partial charge < -0.3 is 15.2 Å². The normalized spacial score (nSPS) is 21.9. The van der Waals surface area contributed by atoms with Gasteiger partial charge in [0, 0.05) is 56.0 Å². The summed E-state index contributed by atoms with van der Waals surface area (Å²) in [7, 11) is 0. The maximum Gasteiger partial charge on any atom is 0.270 e. The summed E-state index contributed by atoms with van der Waals surface area (Å²) in [6, 6.07) is 2.52. The van der Waals surface area contributed by atoms with Crippen LogP contribution in [-0.4, -0.2) is 66.0 Å². The van der Waals surface area contributed by atoms with Gasteiger partial charge in [-0.15, -0.1) is 0 Å². The van der Waals surface area contributed by atoms with Crippen molar-refractivity contribution in [3.05, 3.63) is 22.4 Å². The van der Waals surface area contributed by atoms with Gasteiger partial charge in [-0.1, -0.05) is 0 Å². The largest absolute Gasteiger partial charge is 0.356 e. The van der Waals surface area contributed by atoms with E-state index in [0.29, 0.717) is 11.7 Å². The van der Waals surface area contributed by atoms with E-state index in [4.69, 9.17) is 0 Å². The first-order valence-corrected chi connectivity index (χ1v) is 7.11. The Balaban J connectivity index is 1.57. The van der Waals surface area contributed by atoms with Gasteiger partial charge in [-0.25, -0.2) is 0 Å². The minimum atomic E-state index is 0.104. The Morgan fingerprint density at radius 2 is 2.00 bits per heavy atom. The summed E-state index contributed by atoms with van der Waals surface area (Å²) in [5, 5.41) is 3.29. The molecule has 0 aliphatic carbocycles. The van der Waals surface area contributed by atoms with Crippen molar-refractivity contribution in [2.24, 2.45) is 0 Å². The second kappa shape index (κ2) is 5.03. The Labute approximate surface area is 115 Å². The standard InChI is InChI=1S/C12H17BrN4O/c13-9-5-11(15-6-9)12(18)17-3-1-16(2-4-17)10-7-14-8-10/h5-6,10,14-15H,1-4,7-8H2. The summed E-state index contributed by atoms with van der Waals surface area (Å²) in [5.41, 5.74) is 0.667. The average Bonchev–Trinajstić information content (AvgIpc) is 2.74. The van der Waals surface area contributed by atoms with Crippen LogP contribution in [-0.2, 0) is 0 Å². The van der Waals surface area contributed by atoms with E-state index in [1.807, 2.05) is 11.0 Å². The summed E-state index contributed by atoms with van der Waals surface area (Å²) >= 11 is 3.35. The number of nitrogens with one attached hydrogen (secondary N) is 2. The van der Waals surface area contributed by atoms with Crippen LogP contribution in [0.1, 0.15) is 10.5 Å². The van der Waals surface area contributed by atoms with Crippen LogP contribution in [0.2, 0.25) is 0 Å². The summed E-state index contributed by atoms with van der Waals surface area (Å²) in [4.78, 5) is 19.6. The maximum absolute atomic E-state index is 12.2. The predicted octanol–water partition coefficient (Wildman–Crippen LogP) is 0.507. The zero-order chi connectivity index (χ0) is 12.5. The Kier molecular flexibility index (Phi) is 3.41. The van der Waals surface area contributed by atoms with Crippen LogP contribution in [0.3, 0.4) is 0 Å². The molecule has 2 saturated heterocycles. The third-order valence-electron chi connectivity index (χ3n) is 3.76. The van der Waals surface area contributed by atoms with Gasteiger partial charge in [0.25, 0.3) is 5.91 Å². The zero-order valence-corrected chi connectivity index (χ0v) is 11.7. The molecule has 0 atom stereocenters. The Morgan fingerprint density at radius 3 is 2.50 bits per heavy atom. The number of nitrogens with zero attached hydrogens (tertiary/aromatic N) is 2. The number of aromatic nitrogens is 1. The van der Waals surface area contributed by atoms with E-state index in [1.165, 1.54) is 0 Å². The van der Waals surface area contributed by atoms with Crippen LogP contribution in [0.4, 0.5) is 0 Å². The third kappa shape index (κ3) is 2.32. The first kappa shape index (κ1) is 12.2. The highest BCUT2D eigenvalue weighted by molar-refractivity contribution is 9.10. The molecule has 2 N–H and O–H groups in total. The molecule has 1 amide bonds. The van der Waals surface area contributed by atoms with Crippen molar-refractivity contribution in [3.8, 4) is 0 Å². The summed E-state index contributed by atoms with van der Waals surface area (Å²) in [5.74, 6) is 0.104. The molecular formula is C12H17BrN4O. The highest BCUT2D eigenvalue weighted by Crippen LogP contribution is 2.15. The van der Waals surface area contributed by atoms with Crippen LogP contribution in [0.15, 0.2) is 16.7 Å². The van der Waals surface area contributed by atoms with E-state index in [9.17, 15) is 4.79 Å². The fraction of sp³-hybridized carbons (Fsp3) is 0.583. The molecule has 3 heterocycles. The lowest BCUT2D eigenvalue weighted by atomic mass is 10.1. The number of hydrogen-bond acceptors (Lipinski definition) is 3.